The first kappa shape index (κ1) is 11.0. The Morgan fingerprint density at radius 1 is 1.57 bits per heavy atom. The maximum Gasteiger partial charge on any atom is 0.170 e. The Kier molecular flexibility index (Phi) is 3.88. The van der Waals surface area contributed by atoms with E-state index in [-0.39, 0.29) is 0 Å². The summed E-state index contributed by atoms with van der Waals surface area (Å²) in [5.74, 6) is 0. The van der Waals surface area contributed by atoms with Gasteiger partial charge in [0.25, 0.3) is 0 Å². The van der Waals surface area contributed by atoms with E-state index < -0.39 is 0 Å². The first-order chi connectivity index (χ1) is 6.67. The lowest BCUT2D eigenvalue weighted by atomic mass is 10.4. The summed E-state index contributed by atoms with van der Waals surface area (Å²) in [5, 5.41) is 11.1. The van der Waals surface area contributed by atoms with Crippen molar-refractivity contribution in [2.24, 2.45) is 0 Å². The third-order valence-corrected chi connectivity index (χ3v) is 2.10. The number of hydrogen-bond donors (Lipinski definition) is 2. The summed E-state index contributed by atoms with van der Waals surface area (Å²) in [7, 11) is 0. The smallest absolute Gasteiger partial charge is 0.170 e. The Hall–Kier alpha value is -1.10. The summed E-state index contributed by atoms with van der Waals surface area (Å²) in [6, 6.07) is 0. The second-order valence-corrected chi connectivity index (χ2v) is 3.38. The molecule has 5 heteroatoms. The lowest BCUT2D eigenvalue weighted by Crippen LogP contribution is -2.27. The van der Waals surface area contributed by atoms with E-state index in [0.29, 0.717) is 5.11 Å². The van der Waals surface area contributed by atoms with Crippen LogP contribution in [0.1, 0.15) is 19.5 Å². The van der Waals surface area contributed by atoms with Crippen LogP contribution >= 0.6 is 12.2 Å². The first-order valence-corrected chi connectivity index (χ1v) is 5.17. The minimum absolute atomic E-state index is 0.645. The third-order valence-electron chi connectivity index (χ3n) is 1.86. The number of aromatic nitrogens is 2. The van der Waals surface area contributed by atoms with Gasteiger partial charge < -0.3 is 10.6 Å². The lowest BCUT2D eigenvalue weighted by molar-refractivity contribution is 0.653. The molecular formula is C9H16N4S. The molecule has 14 heavy (non-hydrogen) atoms. The highest BCUT2D eigenvalue weighted by Crippen LogP contribution is 2.11. The van der Waals surface area contributed by atoms with Gasteiger partial charge in [0, 0.05) is 19.3 Å². The molecule has 0 amide bonds. The fourth-order valence-electron chi connectivity index (χ4n) is 1.13. The standard InChI is InChI=1S/C9H16N4S/c1-4-10-9(14)11-8-6-13(5-2)12-7(8)3/h6H,4-5H2,1-3H3,(H2,10,11,14). The molecule has 0 unspecified atom stereocenters. The Morgan fingerprint density at radius 3 is 2.79 bits per heavy atom. The van der Waals surface area contributed by atoms with Crippen LogP contribution in [0.15, 0.2) is 6.20 Å². The van der Waals surface area contributed by atoms with Crippen LogP contribution in [-0.4, -0.2) is 21.4 Å². The molecule has 0 aliphatic rings. The first-order valence-electron chi connectivity index (χ1n) is 4.76. The van der Waals surface area contributed by atoms with Gasteiger partial charge in [-0.2, -0.15) is 5.10 Å². The molecule has 0 aliphatic carbocycles. The normalized spacial score (nSPS) is 9.93. The van der Waals surface area contributed by atoms with E-state index in [0.717, 1.165) is 24.5 Å². The number of anilines is 1. The van der Waals surface area contributed by atoms with Crippen LogP contribution in [0.5, 0.6) is 0 Å². The Bertz CT molecular complexity index is 319. The molecule has 2 N–H and O–H groups in total. The number of thiocarbonyl (C=S) groups is 1. The molecular weight excluding hydrogens is 196 g/mol. The summed E-state index contributed by atoms with van der Waals surface area (Å²) in [6.45, 7) is 7.72. The molecule has 0 spiro atoms. The zero-order valence-electron chi connectivity index (χ0n) is 8.79. The second-order valence-electron chi connectivity index (χ2n) is 2.97. The van der Waals surface area contributed by atoms with Crippen LogP contribution in [0.3, 0.4) is 0 Å². The van der Waals surface area contributed by atoms with E-state index in [1.807, 2.05) is 24.7 Å². The van der Waals surface area contributed by atoms with Crippen LogP contribution in [0.2, 0.25) is 0 Å². The van der Waals surface area contributed by atoms with Crippen molar-refractivity contribution in [3.8, 4) is 0 Å². The highest BCUT2D eigenvalue weighted by molar-refractivity contribution is 7.80. The largest absolute Gasteiger partial charge is 0.363 e. The molecule has 0 fully saturated rings. The molecule has 0 bridgehead atoms. The van der Waals surface area contributed by atoms with Gasteiger partial charge in [-0.25, -0.2) is 0 Å². The van der Waals surface area contributed by atoms with E-state index in [1.54, 1.807) is 0 Å². The van der Waals surface area contributed by atoms with Crippen molar-refractivity contribution in [1.29, 1.82) is 0 Å². The fraction of sp³-hybridized carbons (Fsp3) is 0.556. The third kappa shape index (κ3) is 2.70. The molecule has 0 atom stereocenters. The van der Waals surface area contributed by atoms with Crippen molar-refractivity contribution in [2.45, 2.75) is 27.3 Å². The van der Waals surface area contributed by atoms with E-state index in [2.05, 4.69) is 22.7 Å². The van der Waals surface area contributed by atoms with Gasteiger partial charge in [0.05, 0.1) is 11.4 Å². The van der Waals surface area contributed by atoms with Gasteiger partial charge in [0.2, 0.25) is 0 Å². The molecule has 78 valence electrons. The molecule has 0 saturated heterocycles. The quantitative estimate of drug-likeness (QED) is 0.745. The molecule has 1 aromatic rings. The number of nitrogens with zero attached hydrogens (tertiary/aromatic N) is 2. The minimum Gasteiger partial charge on any atom is -0.363 e. The Balaban J connectivity index is 2.66. The molecule has 0 aromatic carbocycles. The molecule has 1 rings (SSSR count). The fourth-order valence-corrected chi connectivity index (χ4v) is 1.38. The number of nitrogens with one attached hydrogen (secondary N) is 2. The summed E-state index contributed by atoms with van der Waals surface area (Å²) in [4.78, 5) is 0. The highest BCUT2D eigenvalue weighted by Gasteiger charge is 2.04. The van der Waals surface area contributed by atoms with Crippen molar-refractivity contribution >= 4 is 23.0 Å². The van der Waals surface area contributed by atoms with Gasteiger partial charge in [0.15, 0.2) is 5.11 Å². The average molecular weight is 212 g/mol. The van der Waals surface area contributed by atoms with Gasteiger partial charge in [0.1, 0.15) is 0 Å². The zero-order valence-corrected chi connectivity index (χ0v) is 9.61. The van der Waals surface area contributed by atoms with E-state index in [9.17, 15) is 0 Å². The predicted molar refractivity (Wildman–Crippen MR) is 62.5 cm³/mol. The Labute approximate surface area is 89.7 Å². The lowest BCUT2D eigenvalue weighted by Gasteiger charge is -2.06. The van der Waals surface area contributed by atoms with Crippen LogP contribution < -0.4 is 10.6 Å². The molecule has 0 saturated carbocycles. The van der Waals surface area contributed by atoms with Gasteiger partial charge in [-0.1, -0.05) is 0 Å². The Morgan fingerprint density at radius 2 is 2.29 bits per heavy atom. The van der Waals surface area contributed by atoms with E-state index in [1.165, 1.54) is 0 Å². The average Bonchev–Trinajstić information content (AvgIpc) is 2.48. The van der Waals surface area contributed by atoms with Gasteiger partial charge in [-0.3, -0.25) is 4.68 Å². The number of hydrogen-bond acceptors (Lipinski definition) is 2. The molecule has 0 radical (unpaired) electrons. The van der Waals surface area contributed by atoms with Crippen molar-refractivity contribution in [2.75, 3.05) is 11.9 Å². The zero-order chi connectivity index (χ0) is 10.6. The van der Waals surface area contributed by atoms with Crippen LogP contribution in [-0.2, 0) is 6.54 Å². The van der Waals surface area contributed by atoms with Crippen LogP contribution in [0, 0.1) is 6.92 Å². The summed E-state index contributed by atoms with van der Waals surface area (Å²) in [5.41, 5.74) is 1.94. The highest BCUT2D eigenvalue weighted by atomic mass is 32.1. The van der Waals surface area contributed by atoms with Crippen molar-refractivity contribution in [3.05, 3.63) is 11.9 Å². The molecule has 1 heterocycles. The summed E-state index contributed by atoms with van der Waals surface area (Å²) in [6.07, 6.45) is 1.96. The number of rotatable bonds is 3. The van der Waals surface area contributed by atoms with Crippen molar-refractivity contribution in [3.63, 3.8) is 0 Å². The molecule has 4 nitrogen and oxygen atoms in total. The topological polar surface area (TPSA) is 41.9 Å². The van der Waals surface area contributed by atoms with Crippen LogP contribution in [0.25, 0.3) is 0 Å². The minimum atomic E-state index is 0.645. The van der Waals surface area contributed by atoms with E-state index in [4.69, 9.17) is 12.2 Å². The summed E-state index contributed by atoms with van der Waals surface area (Å²) < 4.78 is 1.88. The maximum atomic E-state index is 5.08. The van der Waals surface area contributed by atoms with Gasteiger partial charge >= 0.3 is 0 Å². The summed E-state index contributed by atoms with van der Waals surface area (Å²) >= 11 is 5.08. The van der Waals surface area contributed by atoms with Gasteiger partial charge in [-0.05, 0) is 33.0 Å². The SMILES string of the molecule is CCNC(=S)Nc1cn(CC)nc1C. The van der Waals surface area contributed by atoms with Crippen LogP contribution in [0.4, 0.5) is 5.69 Å². The predicted octanol–water partition coefficient (Wildman–Crippen LogP) is 1.52. The van der Waals surface area contributed by atoms with Crippen molar-refractivity contribution in [1.82, 2.24) is 15.1 Å². The second kappa shape index (κ2) is 4.95. The van der Waals surface area contributed by atoms with Crippen molar-refractivity contribution < 1.29 is 0 Å². The molecule has 0 aliphatic heterocycles. The molecule has 1 aromatic heterocycles. The monoisotopic (exact) mass is 212 g/mol. The van der Waals surface area contributed by atoms with Gasteiger partial charge in [-0.15, -0.1) is 0 Å². The maximum absolute atomic E-state index is 5.08. The van der Waals surface area contributed by atoms with E-state index >= 15 is 0 Å². The number of aryl methyl sites for hydroxylation is 2.